The number of carboxylic acid groups (broad SMARTS) is 1. The third-order valence-electron chi connectivity index (χ3n) is 2.11. The summed E-state index contributed by atoms with van der Waals surface area (Å²) < 4.78 is 10.2. The summed E-state index contributed by atoms with van der Waals surface area (Å²) in [5.41, 5.74) is 1.06. The number of carboxylic acids is 1. The number of aromatic carboxylic acids is 1. The molecular weight excluding hydrogens is 196 g/mol. The maximum absolute atomic E-state index is 10.7. The Hall–Kier alpha value is -1.39. The summed E-state index contributed by atoms with van der Waals surface area (Å²) in [6, 6.07) is 6.65. The minimum atomic E-state index is -0.941. The van der Waals surface area contributed by atoms with Crippen LogP contribution in [0.3, 0.4) is 0 Å². The first-order valence-electron chi connectivity index (χ1n) is 4.54. The van der Waals surface area contributed by atoms with Crippen LogP contribution in [0.25, 0.3) is 0 Å². The number of carbonyl (C=O) groups is 1. The van der Waals surface area contributed by atoms with Gasteiger partial charge in [0.15, 0.2) is 0 Å². The van der Waals surface area contributed by atoms with Gasteiger partial charge in [0.25, 0.3) is 0 Å². The van der Waals surface area contributed by atoms with Gasteiger partial charge in [-0.05, 0) is 17.7 Å². The Kier molecular flexibility index (Phi) is 4.27. The molecule has 1 aromatic rings. The van der Waals surface area contributed by atoms with Gasteiger partial charge in [0.2, 0.25) is 0 Å². The Morgan fingerprint density at radius 2 is 2.20 bits per heavy atom. The molecule has 0 spiro atoms. The van der Waals surface area contributed by atoms with Crippen molar-refractivity contribution in [2.24, 2.45) is 0 Å². The Morgan fingerprint density at radius 1 is 1.47 bits per heavy atom. The Bertz CT molecular complexity index is 335. The normalized spacial score (nSPS) is 12.4. The largest absolute Gasteiger partial charge is 0.478 e. The average molecular weight is 210 g/mol. The fourth-order valence-electron chi connectivity index (χ4n) is 1.32. The molecule has 0 fully saturated rings. The van der Waals surface area contributed by atoms with E-state index in [0.717, 1.165) is 5.56 Å². The summed E-state index contributed by atoms with van der Waals surface area (Å²) >= 11 is 0. The number of hydrogen-bond donors (Lipinski definition) is 1. The van der Waals surface area contributed by atoms with Gasteiger partial charge in [-0.1, -0.05) is 12.1 Å². The zero-order chi connectivity index (χ0) is 11.3. The predicted molar refractivity (Wildman–Crippen MR) is 55.0 cm³/mol. The van der Waals surface area contributed by atoms with Crippen LogP contribution in [0.4, 0.5) is 0 Å². The van der Waals surface area contributed by atoms with Gasteiger partial charge in [-0.3, -0.25) is 0 Å². The minimum absolute atomic E-state index is 0.228. The molecule has 0 saturated carbocycles. The Labute approximate surface area is 88.4 Å². The number of ether oxygens (including phenoxy) is 2. The van der Waals surface area contributed by atoms with E-state index in [1.165, 1.54) is 0 Å². The molecule has 0 saturated heterocycles. The van der Waals surface area contributed by atoms with Crippen molar-refractivity contribution in [1.29, 1.82) is 0 Å². The van der Waals surface area contributed by atoms with Gasteiger partial charge in [0.1, 0.15) is 6.10 Å². The summed E-state index contributed by atoms with van der Waals surface area (Å²) in [5, 5.41) is 8.82. The highest BCUT2D eigenvalue weighted by Crippen LogP contribution is 2.18. The lowest BCUT2D eigenvalue weighted by atomic mass is 10.1. The van der Waals surface area contributed by atoms with Gasteiger partial charge in [0.05, 0.1) is 12.2 Å². The molecule has 1 aromatic carbocycles. The second kappa shape index (κ2) is 5.48. The molecule has 4 nitrogen and oxygen atoms in total. The van der Waals surface area contributed by atoms with Crippen molar-refractivity contribution in [3.8, 4) is 0 Å². The smallest absolute Gasteiger partial charge is 0.335 e. The number of methoxy groups -OCH3 is 2. The van der Waals surface area contributed by atoms with Crippen molar-refractivity contribution in [2.75, 3.05) is 20.8 Å². The maximum Gasteiger partial charge on any atom is 0.335 e. The van der Waals surface area contributed by atoms with Crippen LogP contribution in [0.5, 0.6) is 0 Å². The lowest BCUT2D eigenvalue weighted by Crippen LogP contribution is -2.09. The highest BCUT2D eigenvalue weighted by molar-refractivity contribution is 5.87. The standard InChI is InChI=1S/C11H14O4/c1-14-7-10(15-2)8-4-3-5-9(6-8)11(12)13/h3-6,10H,7H2,1-2H3,(H,12,13). The summed E-state index contributed by atoms with van der Waals surface area (Å²) in [7, 11) is 3.14. The summed E-state index contributed by atoms with van der Waals surface area (Å²) in [4.78, 5) is 10.7. The zero-order valence-corrected chi connectivity index (χ0v) is 8.77. The molecule has 0 radical (unpaired) electrons. The summed E-state index contributed by atoms with van der Waals surface area (Å²) in [6.07, 6.45) is -0.228. The fraction of sp³-hybridized carbons (Fsp3) is 0.364. The van der Waals surface area contributed by atoms with Crippen LogP contribution < -0.4 is 0 Å². The highest BCUT2D eigenvalue weighted by atomic mass is 16.5. The molecule has 82 valence electrons. The molecule has 4 heteroatoms. The lowest BCUT2D eigenvalue weighted by molar-refractivity contribution is 0.0274. The van der Waals surface area contributed by atoms with Crippen molar-refractivity contribution in [1.82, 2.24) is 0 Å². The second-order valence-electron chi connectivity index (χ2n) is 3.11. The van der Waals surface area contributed by atoms with Gasteiger partial charge < -0.3 is 14.6 Å². The van der Waals surface area contributed by atoms with Crippen LogP contribution >= 0.6 is 0 Å². The van der Waals surface area contributed by atoms with Gasteiger partial charge >= 0.3 is 5.97 Å². The number of rotatable bonds is 5. The molecule has 15 heavy (non-hydrogen) atoms. The first-order valence-corrected chi connectivity index (χ1v) is 4.54. The van der Waals surface area contributed by atoms with Crippen LogP contribution in [0.1, 0.15) is 22.0 Å². The van der Waals surface area contributed by atoms with E-state index in [0.29, 0.717) is 6.61 Å². The minimum Gasteiger partial charge on any atom is -0.478 e. The molecule has 1 unspecified atom stereocenters. The van der Waals surface area contributed by atoms with E-state index in [9.17, 15) is 4.79 Å². The number of hydrogen-bond acceptors (Lipinski definition) is 3. The SMILES string of the molecule is COCC(OC)c1cccc(C(=O)O)c1. The molecule has 0 aliphatic carbocycles. The second-order valence-corrected chi connectivity index (χ2v) is 3.11. The molecular formula is C11H14O4. The Morgan fingerprint density at radius 3 is 2.73 bits per heavy atom. The van der Waals surface area contributed by atoms with Crippen LogP contribution in [-0.2, 0) is 9.47 Å². The predicted octanol–water partition coefficient (Wildman–Crippen LogP) is 1.72. The van der Waals surface area contributed by atoms with E-state index < -0.39 is 5.97 Å². The molecule has 1 N–H and O–H groups in total. The van der Waals surface area contributed by atoms with Gasteiger partial charge in [0, 0.05) is 14.2 Å². The quantitative estimate of drug-likeness (QED) is 0.803. The van der Waals surface area contributed by atoms with Crippen molar-refractivity contribution in [2.45, 2.75) is 6.10 Å². The van der Waals surface area contributed by atoms with E-state index >= 15 is 0 Å². The van der Waals surface area contributed by atoms with Crippen LogP contribution in [0.2, 0.25) is 0 Å². The van der Waals surface area contributed by atoms with E-state index in [4.69, 9.17) is 14.6 Å². The molecule has 0 aliphatic rings. The molecule has 1 atom stereocenters. The van der Waals surface area contributed by atoms with Gasteiger partial charge in [-0.25, -0.2) is 4.79 Å². The summed E-state index contributed by atoms with van der Waals surface area (Å²) in [6.45, 7) is 0.402. The topological polar surface area (TPSA) is 55.8 Å². The first kappa shape index (κ1) is 11.7. The van der Waals surface area contributed by atoms with Crippen molar-refractivity contribution < 1.29 is 19.4 Å². The average Bonchev–Trinajstić information content (AvgIpc) is 2.26. The van der Waals surface area contributed by atoms with Crippen LogP contribution in [0.15, 0.2) is 24.3 Å². The van der Waals surface area contributed by atoms with Crippen LogP contribution in [0, 0.1) is 0 Å². The molecule has 1 rings (SSSR count). The molecule has 0 aliphatic heterocycles. The van der Waals surface area contributed by atoms with Crippen molar-refractivity contribution in [3.63, 3.8) is 0 Å². The molecule has 0 bridgehead atoms. The van der Waals surface area contributed by atoms with Crippen molar-refractivity contribution in [3.05, 3.63) is 35.4 Å². The Balaban J connectivity index is 2.92. The van der Waals surface area contributed by atoms with E-state index in [2.05, 4.69) is 0 Å². The fourth-order valence-corrected chi connectivity index (χ4v) is 1.32. The van der Waals surface area contributed by atoms with Gasteiger partial charge in [-0.2, -0.15) is 0 Å². The first-order chi connectivity index (χ1) is 7.19. The zero-order valence-electron chi connectivity index (χ0n) is 8.77. The monoisotopic (exact) mass is 210 g/mol. The van der Waals surface area contributed by atoms with E-state index in [-0.39, 0.29) is 11.7 Å². The number of benzene rings is 1. The van der Waals surface area contributed by atoms with E-state index in [1.807, 2.05) is 6.07 Å². The van der Waals surface area contributed by atoms with Gasteiger partial charge in [-0.15, -0.1) is 0 Å². The molecule has 0 amide bonds. The van der Waals surface area contributed by atoms with E-state index in [1.54, 1.807) is 32.4 Å². The summed E-state index contributed by atoms with van der Waals surface area (Å²) in [5.74, 6) is -0.941. The molecule has 0 aromatic heterocycles. The maximum atomic E-state index is 10.7. The molecule has 0 heterocycles. The third-order valence-corrected chi connectivity index (χ3v) is 2.11. The highest BCUT2D eigenvalue weighted by Gasteiger charge is 2.12. The van der Waals surface area contributed by atoms with Crippen molar-refractivity contribution >= 4 is 5.97 Å². The lowest BCUT2D eigenvalue weighted by Gasteiger charge is -2.14. The third kappa shape index (κ3) is 3.04. The van der Waals surface area contributed by atoms with Crippen LogP contribution in [-0.4, -0.2) is 31.9 Å².